The fourth-order valence-corrected chi connectivity index (χ4v) is 4.15. The van der Waals surface area contributed by atoms with Crippen molar-refractivity contribution in [3.05, 3.63) is 0 Å². The molecule has 0 aliphatic carbocycles. The quantitative estimate of drug-likeness (QED) is 0.747. The van der Waals surface area contributed by atoms with E-state index in [0.29, 0.717) is 19.7 Å². The molecule has 108 valence electrons. The highest BCUT2D eigenvalue weighted by atomic mass is 32.2. The molecule has 1 rings (SSSR count). The number of ether oxygens (including phenoxy) is 1. The molecular formula is C12H26N2O3S. The lowest BCUT2D eigenvalue weighted by Crippen LogP contribution is -2.45. The van der Waals surface area contributed by atoms with Crippen molar-refractivity contribution in [3.8, 4) is 0 Å². The molecule has 0 aromatic heterocycles. The van der Waals surface area contributed by atoms with Gasteiger partial charge in [0, 0.05) is 25.7 Å². The average Bonchev–Trinajstić information content (AvgIpc) is 2.36. The number of nitrogens with two attached hydrogens (primary N) is 1. The van der Waals surface area contributed by atoms with E-state index in [2.05, 4.69) is 0 Å². The molecular weight excluding hydrogens is 252 g/mol. The third-order valence-corrected chi connectivity index (χ3v) is 5.46. The van der Waals surface area contributed by atoms with E-state index in [-0.39, 0.29) is 17.7 Å². The predicted octanol–water partition coefficient (Wildman–Crippen LogP) is 0.802. The van der Waals surface area contributed by atoms with Gasteiger partial charge in [-0.1, -0.05) is 13.8 Å². The Kier molecular flexibility index (Phi) is 6.55. The lowest BCUT2D eigenvalue weighted by atomic mass is 9.96. The van der Waals surface area contributed by atoms with Crippen LogP contribution in [0.25, 0.3) is 0 Å². The zero-order chi connectivity index (χ0) is 13.6. The highest BCUT2D eigenvalue weighted by Crippen LogP contribution is 2.18. The van der Waals surface area contributed by atoms with Crippen molar-refractivity contribution in [2.75, 3.05) is 32.1 Å². The number of hydrogen-bond donors (Lipinski definition) is 1. The van der Waals surface area contributed by atoms with Gasteiger partial charge in [0.1, 0.15) is 0 Å². The summed E-state index contributed by atoms with van der Waals surface area (Å²) in [4.78, 5) is 0. The Bertz CT molecular complexity index is 326. The van der Waals surface area contributed by atoms with E-state index < -0.39 is 10.0 Å². The van der Waals surface area contributed by atoms with E-state index in [1.807, 2.05) is 13.8 Å². The fourth-order valence-electron chi connectivity index (χ4n) is 2.33. The molecule has 18 heavy (non-hydrogen) atoms. The van der Waals surface area contributed by atoms with Crippen LogP contribution in [0, 0.1) is 5.92 Å². The van der Waals surface area contributed by atoms with Crippen LogP contribution in [-0.2, 0) is 14.8 Å². The molecule has 5 nitrogen and oxygen atoms in total. The first kappa shape index (κ1) is 15.9. The molecule has 2 unspecified atom stereocenters. The summed E-state index contributed by atoms with van der Waals surface area (Å²) in [5.41, 5.74) is 6.04. The van der Waals surface area contributed by atoms with Crippen LogP contribution in [0.4, 0.5) is 0 Å². The maximum absolute atomic E-state index is 12.2. The minimum absolute atomic E-state index is 0.0366. The molecule has 0 bridgehead atoms. The maximum atomic E-state index is 12.2. The first-order valence-electron chi connectivity index (χ1n) is 6.82. The van der Waals surface area contributed by atoms with Crippen LogP contribution in [0.5, 0.6) is 0 Å². The summed E-state index contributed by atoms with van der Waals surface area (Å²) in [5.74, 6) is 0.211. The van der Waals surface area contributed by atoms with Crippen molar-refractivity contribution in [2.24, 2.45) is 11.7 Å². The Hall–Kier alpha value is -0.170. The summed E-state index contributed by atoms with van der Waals surface area (Å²) in [6, 6.07) is -0.318. The van der Waals surface area contributed by atoms with Gasteiger partial charge in [-0.05, 0) is 25.2 Å². The van der Waals surface area contributed by atoms with Crippen LogP contribution in [0.3, 0.4) is 0 Å². The van der Waals surface area contributed by atoms with Gasteiger partial charge < -0.3 is 10.5 Å². The highest BCUT2D eigenvalue weighted by molar-refractivity contribution is 7.89. The normalized spacial score (nSPS) is 23.2. The third kappa shape index (κ3) is 4.50. The summed E-state index contributed by atoms with van der Waals surface area (Å²) in [5, 5.41) is 0. The smallest absolute Gasteiger partial charge is 0.215 e. The van der Waals surface area contributed by atoms with E-state index in [0.717, 1.165) is 25.9 Å². The summed E-state index contributed by atoms with van der Waals surface area (Å²) in [6.45, 7) is 6.30. The molecule has 1 heterocycles. The molecule has 2 N–H and O–H groups in total. The molecule has 2 atom stereocenters. The molecule has 0 spiro atoms. The van der Waals surface area contributed by atoms with Gasteiger partial charge in [0.05, 0.1) is 12.4 Å². The number of nitrogens with zero attached hydrogens (tertiary/aromatic N) is 1. The Labute approximate surface area is 111 Å². The first-order chi connectivity index (χ1) is 8.51. The van der Waals surface area contributed by atoms with Crippen molar-refractivity contribution < 1.29 is 13.2 Å². The van der Waals surface area contributed by atoms with E-state index in [9.17, 15) is 8.42 Å². The molecule has 1 saturated heterocycles. The van der Waals surface area contributed by atoms with Gasteiger partial charge in [-0.15, -0.1) is 0 Å². The standard InChI is InChI=1S/C12H26N2O3S/c1-3-7-14(4-2)18(15,16)10-12(13)11-6-5-8-17-9-11/h11-12H,3-10,13H2,1-2H3. The predicted molar refractivity (Wildman–Crippen MR) is 72.8 cm³/mol. The second-order valence-corrected chi connectivity index (χ2v) is 6.92. The fraction of sp³-hybridized carbons (Fsp3) is 1.00. The average molecular weight is 278 g/mol. The minimum atomic E-state index is -3.23. The van der Waals surface area contributed by atoms with Gasteiger partial charge in [-0.3, -0.25) is 0 Å². The van der Waals surface area contributed by atoms with Crippen molar-refractivity contribution in [1.29, 1.82) is 0 Å². The zero-order valence-corrected chi connectivity index (χ0v) is 12.3. The SMILES string of the molecule is CCCN(CC)S(=O)(=O)CC(N)C1CCCOC1. The molecule has 1 aliphatic rings. The van der Waals surface area contributed by atoms with Crippen LogP contribution in [0.1, 0.15) is 33.1 Å². The van der Waals surface area contributed by atoms with E-state index in [1.54, 1.807) is 0 Å². The summed E-state index contributed by atoms with van der Waals surface area (Å²) in [7, 11) is -3.23. The molecule has 0 aromatic carbocycles. The second-order valence-electron chi connectivity index (χ2n) is 4.91. The van der Waals surface area contributed by atoms with Crippen LogP contribution in [-0.4, -0.2) is 50.8 Å². The van der Waals surface area contributed by atoms with Crippen molar-refractivity contribution in [2.45, 2.75) is 39.2 Å². The van der Waals surface area contributed by atoms with Gasteiger partial charge in [0.2, 0.25) is 10.0 Å². The van der Waals surface area contributed by atoms with Crippen LogP contribution in [0.2, 0.25) is 0 Å². The summed E-state index contributed by atoms with van der Waals surface area (Å²) in [6.07, 6.45) is 2.77. The molecule has 1 fully saturated rings. The van der Waals surface area contributed by atoms with Crippen LogP contribution < -0.4 is 5.73 Å². The highest BCUT2D eigenvalue weighted by Gasteiger charge is 2.28. The van der Waals surface area contributed by atoms with Gasteiger partial charge in [-0.25, -0.2) is 12.7 Å². The lowest BCUT2D eigenvalue weighted by molar-refractivity contribution is 0.0475. The molecule has 0 aromatic rings. The van der Waals surface area contributed by atoms with Gasteiger partial charge in [0.15, 0.2) is 0 Å². The Balaban J connectivity index is 2.57. The Morgan fingerprint density at radius 1 is 1.44 bits per heavy atom. The summed E-state index contributed by atoms with van der Waals surface area (Å²) >= 11 is 0. The number of sulfonamides is 1. The van der Waals surface area contributed by atoms with Gasteiger partial charge in [0.25, 0.3) is 0 Å². The molecule has 0 amide bonds. The maximum Gasteiger partial charge on any atom is 0.215 e. The van der Waals surface area contributed by atoms with Gasteiger partial charge >= 0.3 is 0 Å². The van der Waals surface area contributed by atoms with Crippen molar-refractivity contribution >= 4 is 10.0 Å². The summed E-state index contributed by atoms with van der Waals surface area (Å²) < 4.78 is 31.3. The Morgan fingerprint density at radius 2 is 2.17 bits per heavy atom. The molecule has 0 saturated carbocycles. The van der Waals surface area contributed by atoms with E-state index >= 15 is 0 Å². The zero-order valence-electron chi connectivity index (χ0n) is 11.5. The molecule has 1 aliphatic heterocycles. The number of hydrogen-bond acceptors (Lipinski definition) is 4. The van der Waals surface area contributed by atoms with E-state index in [4.69, 9.17) is 10.5 Å². The minimum Gasteiger partial charge on any atom is -0.381 e. The number of rotatable bonds is 7. The van der Waals surface area contributed by atoms with E-state index in [1.165, 1.54) is 4.31 Å². The molecule has 0 radical (unpaired) electrons. The van der Waals surface area contributed by atoms with Gasteiger partial charge in [-0.2, -0.15) is 0 Å². The lowest BCUT2D eigenvalue weighted by Gasteiger charge is -2.29. The topological polar surface area (TPSA) is 72.6 Å². The second kappa shape index (κ2) is 7.43. The van der Waals surface area contributed by atoms with Crippen LogP contribution in [0.15, 0.2) is 0 Å². The monoisotopic (exact) mass is 278 g/mol. The first-order valence-corrected chi connectivity index (χ1v) is 8.43. The van der Waals surface area contributed by atoms with Crippen molar-refractivity contribution in [1.82, 2.24) is 4.31 Å². The molecule has 6 heteroatoms. The van der Waals surface area contributed by atoms with Crippen molar-refractivity contribution in [3.63, 3.8) is 0 Å². The largest absolute Gasteiger partial charge is 0.381 e. The van der Waals surface area contributed by atoms with Crippen LogP contribution >= 0.6 is 0 Å². The third-order valence-electron chi connectivity index (χ3n) is 3.42. The Morgan fingerprint density at radius 3 is 2.67 bits per heavy atom.